The summed E-state index contributed by atoms with van der Waals surface area (Å²) in [6.45, 7) is 1.96. The van der Waals surface area contributed by atoms with Crippen molar-refractivity contribution in [3.8, 4) is 0 Å². The standard InChI is InChI=1S/C16H15BrClFN2O/c1-10(11-2-4-12(17)5-3-11)21-16(22)9-20-13-6-7-14(18)15(19)8-13/h2-8,10,20H,9H2,1H3,(H,21,22). The van der Waals surface area contributed by atoms with Gasteiger partial charge < -0.3 is 10.6 Å². The van der Waals surface area contributed by atoms with E-state index in [4.69, 9.17) is 11.6 Å². The second kappa shape index (κ2) is 7.61. The third-order valence-corrected chi connectivity index (χ3v) is 3.96. The number of carbonyl (C=O) groups is 1. The molecule has 6 heteroatoms. The summed E-state index contributed by atoms with van der Waals surface area (Å²) in [5, 5.41) is 5.79. The predicted octanol–water partition coefficient (Wildman–Crippen LogP) is 4.53. The second-order valence-electron chi connectivity index (χ2n) is 4.82. The van der Waals surface area contributed by atoms with E-state index in [1.165, 1.54) is 12.1 Å². The van der Waals surface area contributed by atoms with Crippen LogP contribution >= 0.6 is 27.5 Å². The van der Waals surface area contributed by atoms with Gasteiger partial charge in [0.05, 0.1) is 17.6 Å². The topological polar surface area (TPSA) is 41.1 Å². The van der Waals surface area contributed by atoms with Crippen molar-refractivity contribution in [2.75, 3.05) is 11.9 Å². The Morgan fingerprint density at radius 2 is 1.95 bits per heavy atom. The third-order valence-electron chi connectivity index (χ3n) is 3.12. The lowest BCUT2D eigenvalue weighted by molar-refractivity contribution is -0.120. The maximum Gasteiger partial charge on any atom is 0.239 e. The molecule has 0 spiro atoms. The Hall–Kier alpha value is -1.59. The van der Waals surface area contributed by atoms with Crippen LogP contribution in [0.3, 0.4) is 0 Å². The summed E-state index contributed by atoms with van der Waals surface area (Å²) in [7, 11) is 0. The molecule has 0 fully saturated rings. The maximum absolute atomic E-state index is 13.3. The molecule has 22 heavy (non-hydrogen) atoms. The average molecular weight is 386 g/mol. The first-order valence-electron chi connectivity index (χ1n) is 6.69. The van der Waals surface area contributed by atoms with Gasteiger partial charge in [-0.3, -0.25) is 4.79 Å². The highest BCUT2D eigenvalue weighted by Crippen LogP contribution is 2.19. The maximum atomic E-state index is 13.3. The van der Waals surface area contributed by atoms with Gasteiger partial charge in [0.25, 0.3) is 0 Å². The van der Waals surface area contributed by atoms with Crippen LogP contribution in [-0.4, -0.2) is 12.5 Å². The molecule has 0 aliphatic heterocycles. The number of rotatable bonds is 5. The van der Waals surface area contributed by atoms with E-state index in [1.54, 1.807) is 6.07 Å². The van der Waals surface area contributed by atoms with Crippen LogP contribution in [0.5, 0.6) is 0 Å². The number of carbonyl (C=O) groups excluding carboxylic acids is 1. The molecule has 0 bridgehead atoms. The van der Waals surface area contributed by atoms with Crippen LogP contribution in [0.1, 0.15) is 18.5 Å². The number of hydrogen-bond acceptors (Lipinski definition) is 2. The molecule has 0 saturated heterocycles. The number of amides is 1. The lowest BCUT2D eigenvalue weighted by Gasteiger charge is -2.15. The molecule has 0 heterocycles. The van der Waals surface area contributed by atoms with E-state index in [0.29, 0.717) is 5.69 Å². The van der Waals surface area contributed by atoms with Crippen molar-refractivity contribution in [2.45, 2.75) is 13.0 Å². The van der Waals surface area contributed by atoms with Crippen LogP contribution in [0.25, 0.3) is 0 Å². The van der Waals surface area contributed by atoms with Crippen molar-refractivity contribution >= 4 is 39.1 Å². The molecule has 0 aliphatic carbocycles. The highest BCUT2D eigenvalue weighted by molar-refractivity contribution is 9.10. The Morgan fingerprint density at radius 1 is 1.27 bits per heavy atom. The molecule has 0 aromatic heterocycles. The molecule has 2 aromatic rings. The Bertz CT molecular complexity index is 664. The smallest absolute Gasteiger partial charge is 0.239 e. The molecule has 0 radical (unpaired) electrons. The fourth-order valence-corrected chi connectivity index (χ4v) is 2.30. The fourth-order valence-electron chi connectivity index (χ4n) is 1.92. The van der Waals surface area contributed by atoms with E-state index in [2.05, 4.69) is 26.6 Å². The van der Waals surface area contributed by atoms with Gasteiger partial charge in [0, 0.05) is 10.2 Å². The normalized spacial score (nSPS) is 11.8. The first kappa shape index (κ1) is 16.8. The summed E-state index contributed by atoms with van der Waals surface area (Å²) in [5.74, 6) is -0.693. The van der Waals surface area contributed by atoms with Crippen LogP contribution < -0.4 is 10.6 Å². The molecule has 3 nitrogen and oxygen atoms in total. The zero-order chi connectivity index (χ0) is 16.1. The molecule has 2 aromatic carbocycles. The molecule has 1 unspecified atom stereocenters. The molecule has 0 saturated carbocycles. The van der Waals surface area contributed by atoms with E-state index in [1.807, 2.05) is 31.2 Å². The van der Waals surface area contributed by atoms with Gasteiger partial charge in [0.2, 0.25) is 5.91 Å². The zero-order valence-electron chi connectivity index (χ0n) is 11.9. The van der Waals surface area contributed by atoms with E-state index < -0.39 is 5.82 Å². The third kappa shape index (κ3) is 4.71. The molecule has 0 aliphatic rings. The van der Waals surface area contributed by atoms with Gasteiger partial charge in [-0.25, -0.2) is 4.39 Å². The van der Waals surface area contributed by atoms with Crippen molar-refractivity contribution in [1.82, 2.24) is 5.32 Å². The number of halogens is 3. The summed E-state index contributed by atoms with van der Waals surface area (Å²) in [6.07, 6.45) is 0. The predicted molar refractivity (Wildman–Crippen MR) is 90.6 cm³/mol. The minimum Gasteiger partial charge on any atom is -0.376 e. The summed E-state index contributed by atoms with van der Waals surface area (Å²) in [5.41, 5.74) is 1.52. The van der Waals surface area contributed by atoms with Crippen molar-refractivity contribution in [3.63, 3.8) is 0 Å². The Balaban J connectivity index is 1.87. The van der Waals surface area contributed by atoms with Crippen LogP contribution in [0, 0.1) is 5.82 Å². The average Bonchev–Trinajstić information content (AvgIpc) is 2.49. The quantitative estimate of drug-likeness (QED) is 0.794. The largest absolute Gasteiger partial charge is 0.376 e. The summed E-state index contributed by atoms with van der Waals surface area (Å²) in [4.78, 5) is 11.9. The Kier molecular flexibility index (Phi) is 5.80. The van der Waals surface area contributed by atoms with Gasteiger partial charge in [-0.15, -0.1) is 0 Å². The van der Waals surface area contributed by atoms with Crippen molar-refractivity contribution in [1.29, 1.82) is 0 Å². The Labute approximate surface area is 142 Å². The van der Waals surface area contributed by atoms with Crippen LogP contribution in [-0.2, 0) is 4.79 Å². The first-order valence-corrected chi connectivity index (χ1v) is 7.86. The van der Waals surface area contributed by atoms with E-state index in [9.17, 15) is 9.18 Å². The summed E-state index contributed by atoms with van der Waals surface area (Å²) < 4.78 is 14.3. The van der Waals surface area contributed by atoms with Gasteiger partial charge in [-0.05, 0) is 42.8 Å². The molecule has 2 rings (SSSR count). The fraction of sp³-hybridized carbons (Fsp3) is 0.188. The van der Waals surface area contributed by atoms with Gasteiger partial charge in [-0.1, -0.05) is 39.7 Å². The number of hydrogen-bond donors (Lipinski definition) is 2. The van der Waals surface area contributed by atoms with Crippen LogP contribution in [0.2, 0.25) is 5.02 Å². The van der Waals surface area contributed by atoms with Gasteiger partial charge in [-0.2, -0.15) is 0 Å². The van der Waals surface area contributed by atoms with Crippen molar-refractivity contribution < 1.29 is 9.18 Å². The van der Waals surface area contributed by atoms with Crippen molar-refractivity contribution in [2.24, 2.45) is 0 Å². The van der Waals surface area contributed by atoms with Crippen LogP contribution in [0.4, 0.5) is 10.1 Å². The molecule has 1 amide bonds. The summed E-state index contributed by atoms with van der Waals surface area (Å²) >= 11 is 8.98. The Morgan fingerprint density at radius 3 is 2.59 bits per heavy atom. The lowest BCUT2D eigenvalue weighted by atomic mass is 10.1. The van der Waals surface area contributed by atoms with Gasteiger partial charge in [0.15, 0.2) is 0 Å². The lowest BCUT2D eigenvalue weighted by Crippen LogP contribution is -2.32. The van der Waals surface area contributed by atoms with Gasteiger partial charge >= 0.3 is 0 Å². The monoisotopic (exact) mass is 384 g/mol. The minimum absolute atomic E-state index is 0.0545. The molecule has 116 valence electrons. The highest BCUT2D eigenvalue weighted by Gasteiger charge is 2.09. The minimum atomic E-state index is -0.518. The molecular formula is C16H15BrClFN2O. The second-order valence-corrected chi connectivity index (χ2v) is 6.15. The van der Waals surface area contributed by atoms with E-state index >= 15 is 0 Å². The molecule has 2 N–H and O–H groups in total. The molecule has 1 atom stereocenters. The first-order chi connectivity index (χ1) is 10.5. The zero-order valence-corrected chi connectivity index (χ0v) is 14.2. The number of benzene rings is 2. The summed E-state index contributed by atoms with van der Waals surface area (Å²) in [6, 6.07) is 11.9. The van der Waals surface area contributed by atoms with E-state index in [0.717, 1.165) is 10.0 Å². The number of nitrogens with one attached hydrogen (secondary N) is 2. The number of anilines is 1. The SMILES string of the molecule is CC(NC(=O)CNc1ccc(Cl)c(F)c1)c1ccc(Br)cc1. The van der Waals surface area contributed by atoms with Crippen molar-refractivity contribution in [3.05, 3.63) is 63.3 Å². The van der Waals surface area contributed by atoms with Gasteiger partial charge in [0.1, 0.15) is 5.82 Å². The van der Waals surface area contributed by atoms with Crippen LogP contribution in [0.15, 0.2) is 46.9 Å². The molecular weight excluding hydrogens is 371 g/mol. The highest BCUT2D eigenvalue weighted by atomic mass is 79.9. The van der Waals surface area contributed by atoms with E-state index in [-0.39, 0.29) is 23.5 Å².